The van der Waals surface area contributed by atoms with Gasteiger partial charge < -0.3 is 4.98 Å². The number of nitrogens with zero attached hydrogens (tertiary/aromatic N) is 1. The largest absolute Gasteiger partial charge is 0.345 e. The number of hydrogen-bond acceptors (Lipinski definition) is 1. The summed E-state index contributed by atoms with van der Waals surface area (Å²) in [7, 11) is 0. The van der Waals surface area contributed by atoms with Crippen LogP contribution >= 0.6 is 11.6 Å². The lowest BCUT2D eigenvalue weighted by Gasteiger charge is -2.02. The molecule has 0 spiro atoms. The van der Waals surface area contributed by atoms with Crippen molar-refractivity contribution in [1.82, 2.24) is 9.97 Å². The standard InChI is InChI=1S/C10H9ClN2/c1-7-3-2-4-8(9(7)11)10-12-5-6-13-10/h2-6H,1H3,(H,12,13). The predicted octanol–water partition coefficient (Wildman–Crippen LogP) is 3.04. The topological polar surface area (TPSA) is 28.7 Å². The minimum atomic E-state index is 0.762. The van der Waals surface area contributed by atoms with Crippen LogP contribution in [0.2, 0.25) is 5.02 Å². The van der Waals surface area contributed by atoms with Gasteiger partial charge >= 0.3 is 0 Å². The number of nitrogens with one attached hydrogen (secondary N) is 1. The number of hydrogen-bond donors (Lipinski definition) is 1. The minimum Gasteiger partial charge on any atom is -0.345 e. The predicted molar refractivity (Wildman–Crippen MR) is 53.8 cm³/mol. The van der Waals surface area contributed by atoms with Crippen LogP contribution in [-0.2, 0) is 0 Å². The van der Waals surface area contributed by atoms with Gasteiger partial charge in [-0.3, -0.25) is 0 Å². The van der Waals surface area contributed by atoms with E-state index in [0.717, 1.165) is 22.0 Å². The maximum absolute atomic E-state index is 6.12. The molecule has 13 heavy (non-hydrogen) atoms. The molecule has 0 amide bonds. The van der Waals surface area contributed by atoms with Crippen molar-refractivity contribution in [3.05, 3.63) is 41.2 Å². The number of benzene rings is 1. The van der Waals surface area contributed by atoms with E-state index in [-0.39, 0.29) is 0 Å². The lowest BCUT2D eigenvalue weighted by molar-refractivity contribution is 1.30. The fraction of sp³-hybridized carbons (Fsp3) is 0.100. The summed E-state index contributed by atoms with van der Waals surface area (Å²) < 4.78 is 0. The number of rotatable bonds is 1. The zero-order valence-corrected chi connectivity index (χ0v) is 7.97. The van der Waals surface area contributed by atoms with Crippen molar-refractivity contribution in [3.63, 3.8) is 0 Å². The van der Waals surface area contributed by atoms with E-state index in [2.05, 4.69) is 9.97 Å². The van der Waals surface area contributed by atoms with E-state index < -0.39 is 0 Å². The highest BCUT2D eigenvalue weighted by Crippen LogP contribution is 2.27. The fourth-order valence-electron chi connectivity index (χ4n) is 1.24. The van der Waals surface area contributed by atoms with Crippen molar-refractivity contribution in [2.75, 3.05) is 0 Å². The van der Waals surface area contributed by atoms with Crippen LogP contribution in [0.1, 0.15) is 5.56 Å². The second-order valence-corrected chi connectivity index (χ2v) is 3.25. The third kappa shape index (κ3) is 1.45. The molecule has 2 nitrogen and oxygen atoms in total. The summed E-state index contributed by atoms with van der Waals surface area (Å²) in [5.41, 5.74) is 2.02. The zero-order valence-electron chi connectivity index (χ0n) is 7.21. The molecule has 3 heteroatoms. The summed E-state index contributed by atoms with van der Waals surface area (Å²) in [5, 5.41) is 0.762. The summed E-state index contributed by atoms with van der Waals surface area (Å²) in [5.74, 6) is 0.814. The summed E-state index contributed by atoms with van der Waals surface area (Å²) in [6, 6.07) is 5.90. The molecule has 0 aliphatic rings. The maximum atomic E-state index is 6.12. The van der Waals surface area contributed by atoms with Crippen LogP contribution in [0.4, 0.5) is 0 Å². The maximum Gasteiger partial charge on any atom is 0.138 e. The molecule has 66 valence electrons. The molecule has 0 unspecified atom stereocenters. The molecule has 0 fully saturated rings. The zero-order chi connectivity index (χ0) is 9.26. The van der Waals surface area contributed by atoms with Gasteiger partial charge in [0.2, 0.25) is 0 Å². The molecule has 2 rings (SSSR count). The third-order valence-electron chi connectivity index (χ3n) is 1.95. The Labute approximate surface area is 81.6 Å². The van der Waals surface area contributed by atoms with Crippen LogP contribution < -0.4 is 0 Å². The van der Waals surface area contributed by atoms with E-state index in [0.29, 0.717) is 0 Å². The average Bonchev–Trinajstić information content (AvgIpc) is 2.62. The Morgan fingerprint density at radius 3 is 2.92 bits per heavy atom. The number of imidazole rings is 1. The summed E-state index contributed by atoms with van der Waals surface area (Å²) in [6.45, 7) is 1.98. The van der Waals surface area contributed by atoms with Crippen LogP contribution in [0.25, 0.3) is 11.4 Å². The molecule has 0 saturated heterocycles. The Morgan fingerprint density at radius 2 is 2.23 bits per heavy atom. The van der Waals surface area contributed by atoms with Gasteiger partial charge in [0, 0.05) is 18.0 Å². The van der Waals surface area contributed by atoms with Gasteiger partial charge in [-0.15, -0.1) is 0 Å². The lowest BCUT2D eigenvalue weighted by Crippen LogP contribution is -1.84. The molecular formula is C10H9ClN2. The molecule has 1 aromatic carbocycles. The Morgan fingerprint density at radius 1 is 1.38 bits per heavy atom. The van der Waals surface area contributed by atoms with Gasteiger partial charge in [-0.1, -0.05) is 23.7 Å². The molecule has 2 aromatic rings. The number of halogens is 1. The first-order valence-electron chi connectivity index (χ1n) is 4.04. The first-order chi connectivity index (χ1) is 6.29. The van der Waals surface area contributed by atoms with Crippen LogP contribution in [0.5, 0.6) is 0 Å². The normalized spacial score (nSPS) is 10.3. The van der Waals surface area contributed by atoms with Crippen molar-refractivity contribution < 1.29 is 0 Å². The molecule has 0 aliphatic heterocycles. The monoisotopic (exact) mass is 192 g/mol. The number of aromatic nitrogens is 2. The molecule has 1 aromatic heterocycles. The van der Waals surface area contributed by atoms with Gasteiger partial charge in [0.05, 0.1) is 5.02 Å². The molecule has 0 bridgehead atoms. The van der Waals surface area contributed by atoms with E-state index in [9.17, 15) is 0 Å². The second-order valence-electron chi connectivity index (χ2n) is 2.87. The van der Waals surface area contributed by atoms with E-state index >= 15 is 0 Å². The van der Waals surface area contributed by atoms with Crippen LogP contribution in [0.15, 0.2) is 30.6 Å². The number of H-pyrrole nitrogens is 1. The van der Waals surface area contributed by atoms with Crippen LogP contribution in [0.3, 0.4) is 0 Å². The third-order valence-corrected chi connectivity index (χ3v) is 2.45. The highest BCUT2D eigenvalue weighted by atomic mass is 35.5. The second kappa shape index (κ2) is 3.23. The first kappa shape index (κ1) is 8.32. The van der Waals surface area contributed by atoms with Crippen LogP contribution in [-0.4, -0.2) is 9.97 Å². The van der Waals surface area contributed by atoms with Gasteiger partial charge in [-0.2, -0.15) is 0 Å². The Balaban J connectivity index is 2.59. The highest BCUT2D eigenvalue weighted by Gasteiger charge is 2.06. The Hall–Kier alpha value is -1.28. The van der Waals surface area contributed by atoms with Gasteiger partial charge in [-0.25, -0.2) is 4.98 Å². The fourth-order valence-corrected chi connectivity index (χ4v) is 1.46. The van der Waals surface area contributed by atoms with E-state index in [1.54, 1.807) is 12.4 Å². The van der Waals surface area contributed by atoms with E-state index in [1.165, 1.54) is 0 Å². The van der Waals surface area contributed by atoms with Gasteiger partial charge in [0.25, 0.3) is 0 Å². The molecular weight excluding hydrogens is 184 g/mol. The molecule has 0 saturated carbocycles. The summed E-state index contributed by atoms with van der Waals surface area (Å²) >= 11 is 6.12. The van der Waals surface area contributed by atoms with Crippen molar-refractivity contribution in [1.29, 1.82) is 0 Å². The van der Waals surface area contributed by atoms with E-state index in [4.69, 9.17) is 11.6 Å². The van der Waals surface area contributed by atoms with Crippen molar-refractivity contribution in [3.8, 4) is 11.4 Å². The van der Waals surface area contributed by atoms with Crippen LogP contribution in [0, 0.1) is 6.92 Å². The summed E-state index contributed by atoms with van der Waals surface area (Å²) in [4.78, 5) is 7.17. The lowest BCUT2D eigenvalue weighted by atomic mass is 10.1. The van der Waals surface area contributed by atoms with Gasteiger partial charge in [0.1, 0.15) is 5.82 Å². The van der Waals surface area contributed by atoms with Crippen molar-refractivity contribution in [2.45, 2.75) is 6.92 Å². The molecule has 1 heterocycles. The molecule has 0 radical (unpaired) electrons. The molecule has 0 atom stereocenters. The number of aryl methyl sites for hydroxylation is 1. The van der Waals surface area contributed by atoms with Gasteiger partial charge in [-0.05, 0) is 18.6 Å². The average molecular weight is 193 g/mol. The smallest absolute Gasteiger partial charge is 0.138 e. The number of aromatic amines is 1. The molecule has 1 N–H and O–H groups in total. The first-order valence-corrected chi connectivity index (χ1v) is 4.41. The SMILES string of the molecule is Cc1cccc(-c2ncc[nH]2)c1Cl. The Bertz CT molecular complexity index is 407. The van der Waals surface area contributed by atoms with Crippen molar-refractivity contribution in [2.24, 2.45) is 0 Å². The van der Waals surface area contributed by atoms with Gasteiger partial charge in [0.15, 0.2) is 0 Å². The highest BCUT2D eigenvalue weighted by molar-refractivity contribution is 6.33. The minimum absolute atomic E-state index is 0.762. The van der Waals surface area contributed by atoms with E-state index in [1.807, 2.05) is 25.1 Å². The Kier molecular flexibility index (Phi) is 2.07. The quantitative estimate of drug-likeness (QED) is 0.739. The molecule has 0 aliphatic carbocycles. The summed E-state index contributed by atoms with van der Waals surface area (Å²) in [6.07, 6.45) is 3.50. The van der Waals surface area contributed by atoms with Crippen molar-refractivity contribution >= 4 is 11.6 Å².